The molecule has 0 radical (unpaired) electrons. The van der Waals surface area contributed by atoms with Crippen LogP contribution in [0.5, 0.6) is 0 Å². The van der Waals surface area contributed by atoms with Gasteiger partial charge in [-0.15, -0.1) is 0 Å². The molecule has 1 atom stereocenters. The number of hydrogen-bond acceptors (Lipinski definition) is 2. The van der Waals surface area contributed by atoms with Crippen molar-refractivity contribution in [1.29, 1.82) is 0 Å². The van der Waals surface area contributed by atoms with E-state index in [1.54, 1.807) is 6.92 Å². The van der Waals surface area contributed by atoms with Gasteiger partial charge in [0.15, 0.2) is 0 Å². The fourth-order valence-electron chi connectivity index (χ4n) is 1.75. The van der Waals surface area contributed by atoms with Crippen LogP contribution in [0.2, 0.25) is 10.0 Å². The van der Waals surface area contributed by atoms with Gasteiger partial charge in [-0.3, -0.25) is 4.79 Å². The van der Waals surface area contributed by atoms with Crippen LogP contribution in [0.4, 0.5) is 4.39 Å². The highest BCUT2D eigenvalue weighted by atomic mass is 35.5. The number of halogens is 3. The maximum atomic E-state index is 13.4. The third-order valence-corrected chi connectivity index (χ3v) is 3.43. The zero-order valence-corrected chi connectivity index (χ0v) is 12.4. The number of carbonyl (C=O) groups is 1. The van der Waals surface area contributed by atoms with Crippen LogP contribution in [0, 0.1) is 5.82 Å². The molecule has 0 spiro atoms. The van der Waals surface area contributed by atoms with Crippen LogP contribution in [0.25, 0.3) is 0 Å². The highest BCUT2D eigenvalue weighted by molar-refractivity contribution is 6.36. The van der Waals surface area contributed by atoms with E-state index >= 15 is 0 Å². The quantitative estimate of drug-likeness (QED) is 0.625. The molecule has 0 heterocycles. The molecule has 3 nitrogen and oxygen atoms in total. The zero-order chi connectivity index (χ0) is 14.4. The van der Waals surface area contributed by atoms with Crippen molar-refractivity contribution >= 4 is 29.1 Å². The Morgan fingerprint density at radius 1 is 1.42 bits per heavy atom. The molecule has 1 amide bonds. The van der Waals surface area contributed by atoms with Crippen LogP contribution in [-0.2, 0) is 4.79 Å². The van der Waals surface area contributed by atoms with Crippen LogP contribution in [0.15, 0.2) is 12.1 Å². The Hall–Kier alpha value is -0.840. The average Bonchev–Trinajstić information content (AvgIpc) is 2.34. The molecular formula is C13H17Cl2FN2O. The van der Waals surface area contributed by atoms with Gasteiger partial charge in [0.2, 0.25) is 5.91 Å². The second-order valence-corrected chi connectivity index (χ2v) is 5.04. The Labute approximate surface area is 122 Å². The number of amides is 1. The number of nitrogens with one attached hydrogen (secondary N) is 2. The first-order valence-electron chi connectivity index (χ1n) is 6.04. The molecule has 0 saturated carbocycles. The predicted octanol–water partition coefficient (Wildman–Crippen LogP) is 3.31. The van der Waals surface area contributed by atoms with Crippen molar-refractivity contribution in [3.05, 3.63) is 33.6 Å². The minimum Gasteiger partial charge on any atom is -0.349 e. The van der Waals surface area contributed by atoms with Crippen molar-refractivity contribution in [2.24, 2.45) is 0 Å². The normalized spacial score (nSPS) is 12.3. The Morgan fingerprint density at radius 3 is 2.74 bits per heavy atom. The first kappa shape index (κ1) is 16.2. The first-order chi connectivity index (χ1) is 8.97. The maximum absolute atomic E-state index is 13.4. The summed E-state index contributed by atoms with van der Waals surface area (Å²) in [6.45, 7) is 2.49. The standard InChI is InChI=1S/C13H17Cl2FN2O/c1-8(18-11(19)4-3-7-17-2)12-9(14)5-6-10(16)13(12)15/h5-6,8,17H,3-4,7H2,1-2H3,(H,18,19). The molecule has 2 N–H and O–H groups in total. The summed E-state index contributed by atoms with van der Waals surface area (Å²) in [6, 6.07) is 2.20. The molecule has 1 aromatic rings. The molecule has 1 rings (SSSR count). The number of carbonyl (C=O) groups excluding carboxylic acids is 1. The van der Waals surface area contributed by atoms with Crippen LogP contribution < -0.4 is 10.6 Å². The Bertz CT molecular complexity index is 455. The van der Waals surface area contributed by atoms with Gasteiger partial charge in [-0.2, -0.15) is 0 Å². The molecular weight excluding hydrogens is 290 g/mol. The summed E-state index contributed by atoms with van der Waals surface area (Å²) >= 11 is 11.9. The Balaban J connectivity index is 2.70. The Kier molecular flexibility index (Phi) is 6.55. The molecule has 19 heavy (non-hydrogen) atoms. The second-order valence-electron chi connectivity index (χ2n) is 4.25. The third kappa shape index (κ3) is 4.64. The average molecular weight is 307 g/mol. The summed E-state index contributed by atoms with van der Waals surface area (Å²) in [5.74, 6) is -0.656. The van der Waals surface area contributed by atoms with Crippen LogP contribution in [-0.4, -0.2) is 19.5 Å². The molecule has 6 heteroatoms. The lowest BCUT2D eigenvalue weighted by atomic mass is 10.1. The smallest absolute Gasteiger partial charge is 0.220 e. The van der Waals surface area contributed by atoms with Crippen LogP contribution >= 0.6 is 23.2 Å². The monoisotopic (exact) mass is 306 g/mol. The van der Waals surface area contributed by atoms with E-state index in [4.69, 9.17) is 23.2 Å². The lowest BCUT2D eigenvalue weighted by Gasteiger charge is -2.17. The molecule has 0 fully saturated rings. The third-order valence-electron chi connectivity index (χ3n) is 2.72. The fourth-order valence-corrected chi connectivity index (χ4v) is 2.45. The van der Waals surface area contributed by atoms with Crippen molar-refractivity contribution in [2.45, 2.75) is 25.8 Å². The van der Waals surface area contributed by atoms with Gasteiger partial charge in [-0.05, 0) is 39.1 Å². The molecule has 0 aromatic heterocycles. The van der Waals surface area contributed by atoms with E-state index in [2.05, 4.69) is 10.6 Å². The zero-order valence-electron chi connectivity index (χ0n) is 10.9. The minimum atomic E-state index is -0.544. The molecule has 106 valence electrons. The van der Waals surface area contributed by atoms with E-state index in [0.717, 1.165) is 13.0 Å². The van der Waals surface area contributed by atoms with Crippen molar-refractivity contribution in [3.63, 3.8) is 0 Å². The number of hydrogen-bond donors (Lipinski definition) is 2. The summed E-state index contributed by atoms with van der Waals surface area (Å²) in [5, 5.41) is 6.02. The summed E-state index contributed by atoms with van der Waals surface area (Å²) < 4.78 is 13.4. The van der Waals surface area contributed by atoms with E-state index in [1.807, 2.05) is 7.05 Å². The van der Waals surface area contributed by atoms with Gasteiger partial charge in [-0.1, -0.05) is 23.2 Å². The minimum absolute atomic E-state index is 0.0458. The largest absolute Gasteiger partial charge is 0.349 e. The van der Waals surface area contributed by atoms with Crippen molar-refractivity contribution in [1.82, 2.24) is 10.6 Å². The summed E-state index contributed by atoms with van der Waals surface area (Å²) in [5.41, 5.74) is 0.408. The highest BCUT2D eigenvalue weighted by Gasteiger charge is 2.18. The lowest BCUT2D eigenvalue weighted by molar-refractivity contribution is -0.121. The molecule has 1 aromatic carbocycles. The fraction of sp³-hybridized carbons (Fsp3) is 0.462. The van der Waals surface area contributed by atoms with E-state index in [-0.39, 0.29) is 10.9 Å². The molecule has 0 aliphatic carbocycles. The highest BCUT2D eigenvalue weighted by Crippen LogP contribution is 2.32. The molecule has 0 saturated heterocycles. The van der Waals surface area contributed by atoms with Crippen molar-refractivity contribution in [2.75, 3.05) is 13.6 Å². The lowest BCUT2D eigenvalue weighted by Crippen LogP contribution is -2.27. The van der Waals surface area contributed by atoms with Gasteiger partial charge < -0.3 is 10.6 Å². The van der Waals surface area contributed by atoms with Crippen LogP contribution in [0.1, 0.15) is 31.4 Å². The van der Waals surface area contributed by atoms with E-state index < -0.39 is 11.9 Å². The Morgan fingerprint density at radius 2 is 2.11 bits per heavy atom. The topological polar surface area (TPSA) is 41.1 Å². The van der Waals surface area contributed by atoms with Crippen LogP contribution in [0.3, 0.4) is 0 Å². The van der Waals surface area contributed by atoms with Gasteiger partial charge in [0.1, 0.15) is 5.82 Å². The van der Waals surface area contributed by atoms with Gasteiger partial charge in [0, 0.05) is 17.0 Å². The number of rotatable bonds is 6. The molecule has 0 bridgehead atoms. The van der Waals surface area contributed by atoms with Gasteiger partial charge in [0.05, 0.1) is 11.1 Å². The number of benzene rings is 1. The molecule has 0 aliphatic heterocycles. The van der Waals surface area contributed by atoms with Gasteiger partial charge >= 0.3 is 0 Å². The molecule has 0 aliphatic rings. The SMILES string of the molecule is CNCCCC(=O)NC(C)c1c(Cl)ccc(F)c1Cl. The van der Waals surface area contributed by atoms with E-state index in [1.165, 1.54) is 12.1 Å². The predicted molar refractivity (Wildman–Crippen MR) is 76.1 cm³/mol. The summed E-state index contributed by atoms with van der Waals surface area (Å²) in [6.07, 6.45) is 1.13. The maximum Gasteiger partial charge on any atom is 0.220 e. The van der Waals surface area contributed by atoms with Gasteiger partial charge in [0.25, 0.3) is 0 Å². The molecule has 1 unspecified atom stereocenters. The van der Waals surface area contributed by atoms with Crippen molar-refractivity contribution in [3.8, 4) is 0 Å². The second kappa shape index (κ2) is 7.68. The summed E-state index contributed by atoms with van der Waals surface area (Å²) in [4.78, 5) is 11.7. The first-order valence-corrected chi connectivity index (χ1v) is 6.80. The van der Waals surface area contributed by atoms with Gasteiger partial charge in [-0.25, -0.2) is 4.39 Å². The summed E-state index contributed by atoms with van der Waals surface area (Å²) in [7, 11) is 1.83. The van der Waals surface area contributed by atoms with E-state index in [0.29, 0.717) is 17.0 Å². The van der Waals surface area contributed by atoms with E-state index in [9.17, 15) is 9.18 Å². The van der Waals surface area contributed by atoms with Crippen molar-refractivity contribution < 1.29 is 9.18 Å².